The van der Waals surface area contributed by atoms with Crippen molar-refractivity contribution in [3.63, 3.8) is 0 Å². The second kappa shape index (κ2) is 4.96. The summed E-state index contributed by atoms with van der Waals surface area (Å²) in [5, 5.41) is 9.48. The van der Waals surface area contributed by atoms with Crippen LogP contribution < -0.4 is 5.32 Å². The van der Waals surface area contributed by atoms with Crippen molar-refractivity contribution >= 4 is 5.91 Å². The van der Waals surface area contributed by atoms with Crippen LogP contribution in [0.15, 0.2) is 12.4 Å². The minimum Gasteiger partial charge on any atom is -0.349 e. The van der Waals surface area contributed by atoms with Gasteiger partial charge in [-0.1, -0.05) is 25.7 Å². The van der Waals surface area contributed by atoms with E-state index in [2.05, 4.69) is 15.5 Å². The zero-order chi connectivity index (χ0) is 10.5. The van der Waals surface area contributed by atoms with Crippen LogP contribution in [0.3, 0.4) is 0 Å². The highest BCUT2D eigenvalue weighted by molar-refractivity contribution is 5.93. The molecule has 0 spiro atoms. The fraction of sp³-hybridized carbons (Fsp3) is 0.636. The van der Waals surface area contributed by atoms with Gasteiger partial charge in [-0.15, -0.1) is 0 Å². The summed E-state index contributed by atoms with van der Waals surface area (Å²) in [6.45, 7) is 0. The maximum Gasteiger partial charge on any atom is 0.254 e. The van der Waals surface area contributed by atoms with E-state index in [0.717, 1.165) is 12.8 Å². The maximum absolute atomic E-state index is 11.7. The Morgan fingerprint density at radius 2 is 2.07 bits per heavy atom. The first-order valence-corrected chi connectivity index (χ1v) is 5.66. The lowest BCUT2D eigenvalue weighted by Gasteiger charge is -2.15. The van der Waals surface area contributed by atoms with Crippen LogP contribution >= 0.6 is 0 Å². The molecule has 1 aromatic rings. The van der Waals surface area contributed by atoms with Gasteiger partial charge in [0.05, 0.1) is 11.8 Å². The smallest absolute Gasteiger partial charge is 0.254 e. The Bertz CT molecular complexity index is 300. The Kier molecular flexibility index (Phi) is 3.37. The number of carbonyl (C=O) groups is 1. The van der Waals surface area contributed by atoms with E-state index in [4.69, 9.17) is 0 Å². The van der Waals surface area contributed by atoms with E-state index in [9.17, 15) is 4.79 Å². The topological polar surface area (TPSA) is 57.8 Å². The van der Waals surface area contributed by atoms with E-state index in [0.29, 0.717) is 11.6 Å². The van der Waals surface area contributed by atoms with Crippen LogP contribution in [0.25, 0.3) is 0 Å². The highest BCUT2D eigenvalue weighted by atomic mass is 16.1. The summed E-state index contributed by atoms with van der Waals surface area (Å²) in [6, 6.07) is 0.356. The fourth-order valence-corrected chi connectivity index (χ4v) is 2.07. The third-order valence-corrected chi connectivity index (χ3v) is 2.95. The van der Waals surface area contributed by atoms with Crippen molar-refractivity contribution in [3.05, 3.63) is 18.0 Å². The Labute approximate surface area is 89.5 Å². The zero-order valence-electron chi connectivity index (χ0n) is 8.83. The van der Waals surface area contributed by atoms with Gasteiger partial charge in [0.2, 0.25) is 0 Å². The number of rotatable bonds is 2. The predicted octanol–water partition coefficient (Wildman–Crippen LogP) is 1.86. The molecule has 0 radical (unpaired) electrons. The molecule has 1 aromatic heterocycles. The number of hydrogen-bond acceptors (Lipinski definition) is 2. The van der Waals surface area contributed by atoms with Crippen molar-refractivity contribution in [1.29, 1.82) is 0 Å². The average molecular weight is 207 g/mol. The molecule has 0 aliphatic heterocycles. The number of H-pyrrole nitrogens is 1. The predicted molar refractivity (Wildman–Crippen MR) is 57.5 cm³/mol. The summed E-state index contributed by atoms with van der Waals surface area (Å²) in [7, 11) is 0. The molecule has 82 valence electrons. The van der Waals surface area contributed by atoms with Gasteiger partial charge in [-0.2, -0.15) is 5.10 Å². The highest BCUT2D eigenvalue weighted by Crippen LogP contribution is 2.17. The van der Waals surface area contributed by atoms with Crippen LogP contribution in [0.4, 0.5) is 0 Å². The average Bonchev–Trinajstić information content (AvgIpc) is 2.65. The van der Waals surface area contributed by atoms with E-state index in [1.165, 1.54) is 25.7 Å². The van der Waals surface area contributed by atoms with Crippen molar-refractivity contribution in [2.45, 2.75) is 44.6 Å². The number of aromatic amines is 1. The molecule has 0 saturated heterocycles. The van der Waals surface area contributed by atoms with Gasteiger partial charge >= 0.3 is 0 Å². The zero-order valence-corrected chi connectivity index (χ0v) is 8.83. The molecule has 2 N–H and O–H groups in total. The van der Waals surface area contributed by atoms with Gasteiger partial charge in [0.1, 0.15) is 0 Å². The minimum atomic E-state index is -0.00403. The summed E-state index contributed by atoms with van der Waals surface area (Å²) >= 11 is 0. The molecule has 4 nitrogen and oxygen atoms in total. The lowest BCUT2D eigenvalue weighted by Crippen LogP contribution is -2.34. The van der Waals surface area contributed by atoms with Gasteiger partial charge in [0, 0.05) is 12.2 Å². The fourth-order valence-electron chi connectivity index (χ4n) is 2.07. The summed E-state index contributed by atoms with van der Waals surface area (Å²) in [5.74, 6) is -0.00403. The Morgan fingerprint density at radius 1 is 1.33 bits per heavy atom. The molecule has 0 bridgehead atoms. The van der Waals surface area contributed by atoms with Crippen molar-refractivity contribution in [2.75, 3.05) is 0 Å². The third-order valence-electron chi connectivity index (χ3n) is 2.95. The number of hydrogen-bond donors (Lipinski definition) is 2. The Morgan fingerprint density at radius 3 is 2.67 bits per heavy atom. The van der Waals surface area contributed by atoms with Gasteiger partial charge in [0.25, 0.3) is 5.91 Å². The molecule has 0 aromatic carbocycles. The van der Waals surface area contributed by atoms with Crippen molar-refractivity contribution in [2.24, 2.45) is 0 Å². The standard InChI is InChI=1S/C11H17N3O/c15-11(9-7-12-13-8-9)14-10-5-3-1-2-4-6-10/h7-8,10H,1-6H2,(H,12,13)(H,14,15). The summed E-state index contributed by atoms with van der Waals surface area (Å²) in [5.41, 5.74) is 0.624. The minimum absolute atomic E-state index is 0.00403. The first kappa shape index (κ1) is 10.2. The summed E-state index contributed by atoms with van der Waals surface area (Å²) in [6.07, 6.45) is 10.5. The first-order valence-electron chi connectivity index (χ1n) is 5.66. The van der Waals surface area contributed by atoms with E-state index in [1.807, 2.05) is 0 Å². The van der Waals surface area contributed by atoms with Crippen LogP contribution in [0, 0.1) is 0 Å². The molecule has 1 heterocycles. The number of carbonyl (C=O) groups excluding carboxylic acids is 1. The lowest BCUT2D eigenvalue weighted by molar-refractivity contribution is 0.0933. The lowest BCUT2D eigenvalue weighted by atomic mass is 10.1. The molecule has 2 rings (SSSR count). The molecule has 1 aliphatic rings. The molecular formula is C11H17N3O. The third kappa shape index (κ3) is 2.81. The molecule has 4 heteroatoms. The van der Waals surface area contributed by atoms with E-state index in [-0.39, 0.29) is 5.91 Å². The van der Waals surface area contributed by atoms with Gasteiger partial charge < -0.3 is 5.32 Å². The van der Waals surface area contributed by atoms with Crippen LogP contribution in [-0.2, 0) is 0 Å². The second-order valence-electron chi connectivity index (χ2n) is 4.15. The van der Waals surface area contributed by atoms with Gasteiger partial charge in [-0.25, -0.2) is 0 Å². The molecule has 15 heavy (non-hydrogen) atoms. The largest absolute Gasteiger partial charge is 0.349 e. The second-order valence-corrected chi connectivity index (χ2v) is 4.15. The van der Waals surface area contributed by atoms with Crippen molar-refractivity contribution in [1.82, 2.24) is 15.5 Å². The molecule has 1 aliphatic carbocycles. The summed E-state index contributed by atoms with van der Waals surface area (Å²) < 4.78 is 0. The quantitative estimate of drug-likeness (QED) is 0.727. The van der Waals surface area contributed by atoms with Crippen molar-refractivity contribution < 1.29 is 4.79 Å². The van der Waals surface area contributed by atoms with Crippen LogP contribution in [0.2, 0.25) is 0 Å². The number of nitrogens with one attached hydrogen (secondary N) is 2. The SMILES string of the molecule is O=C(NC1CCCCCC1)c1cn[nH]c1. The number of nitrogens with zero attached hydrogens (tertiary/aromatic N) is 1. The van der Waals surface area contributed by atoms with Crippen LogP contribution in [0.1, 0.15) is 48.9 Å². The molecule has 1 amide bonds. The number of aromatic nitrogens is 2. The Balaban J connectivity index is 1.87. The first-order chi connectivity index (χ1) is 7.36. The van der Waals surface area contributed by atoms with Crippen LogP contribution in [0.5, 0.6) is 0 Å². The van der Waals surface area contributed by atoms with E-state index >= 15 is 0 Å². The molecule has 1 saturated carbocycles. The molecular weight excluding hydrogens is 190 g/mol. The highest BCUT2D eigenvalue weighted by Gasteiger charge is 2.15. The van der Waals surface area contributed by atoms with Gasteiger partial charge in [-0.3, -0.25) is 9.89 Å². The monoisotopic (exact) mass is 207 g/mol. The van der Waals surface area contributed by atoms with Crippen molar-refractivity contribution in [3.8, 4) is 0 Å². The van der Waals surface area contributed by atoms with Gasteiger partial charge in [0.15, 0.2) is 0 Å². The molecule has 0 atom stereocenters. The molecule has 1 fully saturated rings. The number of amides is 1. The maximum atomic E-state index is 11.7. The summed E-state index contributed by atoms with van der Waals surface area (Å²) in [4.78, 5) is 11.7. The molecule has 0 unspecified atom stereocenters. The van der Waals surface area contributed by atoms with Crippen LogP contribution in [-0.4, -0.2) is 22.1 Å². The normalized spacial score (nSPS) is 18.4. The van der Waals surface area contributed by atoms with Gasteiger partial charge in [-0.05, 0) is 12.8 Å². The Hall–Kier alpha value is -1.32. The van der Waals surface area contributed by atoms with E-state index < -0.39 is 0 Å². The van der Waals surface area contributed by atoms with E-state index in [1.54, 1.807) is 12.4 Å².